The molecule has 236 valence electrons. The lowest BCUT2D eigenvalue weighted by Gasteiger charge is -2.34. The molecule has 0 radical (unpaired) electrons. The third-order valence-electron chi connectivity index (χ3n) is 7.53. The molecular formula is C38H45N3O4. The number of amides is 3. The summed E-state index contributed by atoms with van der Waals surface area (Å²) in [6.07, 6.45) is 2.11. The molecule has 4 aromatic carbocycles. The third-order valence-corrected chi connectivity index (χ3v) is 7.53. The van der Waals surface area contributed by atoms with Crippen molar-refractivity contribution in [3.05, 3.63) is 114 Å². The van der Waals surface area contributed by atoms with Crippen LogP contribution < -0.4 is 10.6 Å². The molecule has 0 heterocycles. The standard InChI is InChI=1S/C38H45N3O4/c1-6-7-13-24-41(36(43)33(25-28-14-9-8-10-15-28)40-37(44)45-38(3,4)5)34(30-20-18-27(2)19-21-30)35(42)39-32-23-22-29-16-11-12-17-31(29)26-32/h8-12,14-23,26,33-34H,6-7,13,24-25H2,1-5H3,(H,39,42)(H,40,44). The molecule has 0 aliphatic rings. The van der Waals surface area contributed by atoms with E-state index in [2.05, 4.69) is 17.6 Å². The maximum absolute atomic E-state index is 14.6. The van der Waals surface area contributed by atoms with Crippen molar-refractivity contribution in [1.29, 1.82) is 0 Å². The number of benzene rings is 4. The monoisotopic (exact) mass is 607 g/mol. The number of fused-ring (bicyclic) bond motifs is 1. The topological polar surface area (TPSA) is 87.7 Å². The first-order chi connectivity index (χ1) is 21.5. The highest BCUT2D eigenvalue weighted by Gasteiger charge is 2.36. The predicted octanol–water partition coefficient (Wildman–Crippen LogP) is 7.98. The Morgan fingerprint density at radius 3 is 2.16 bits per heavy atom. The zero-order valence-corrected chi connectivity index (χ0v) is 27.0. The van der Waals surface area contributed by atoms with Gasteiger partial charge in [-0.15, -0.1) is 0 Å². The first kappa shape index (κ1) is 33.2. The summed E-state index contributed by atoms with van der Waals surface area (Å²) in [4.78, 5) is 43.6. The summed E-state index contributed by atoms with van der Waals surface area (Å²) >= 11 is 0. The van der Waals surface area contributed by atoms with Gasteiger partial charge in [-0.05, 0) is 68.1 Å². The fourth-order valence-electron chi connectivity index (χ4n) is 5.30. The second-order valence-electron chi connectivity index (χ2n) is 12.5. The van der Waals surface area contributed by atoms with Crippen molar-refractivity contribution in [2.45, 2.75) is 78.0 Å². The quantitative estimate of drug-likeness (QED) is 0.160. The van der Waals surface area contributed by atoms with Crippen LogP contribution >= 0.6 is 0 Å². The number of ether oxygens (including phenoxy) is 1. The van der Waals surface area contributed by atoms with E-state index in [0.717, 1.165) is 34.7 Å². The van der Waals surface area contributed by atoms with E-state index >= 15 is 0 Å². The first-order valence-electron chi connectivity index (χ1n) is 15.7. The third kappa shape index (κ3) is 9.67. The van der Waals surface area contributed by atoms with Crippen LogP contribution in [0.15, 0.2) is 97.1 Å². The number of hydrogen-bond donors (Lipinski definition) is 2. The van der Waals surface area contributed by atoms with Crippen molar-refractivity contribution < 1.29 is 19.1 Å². The number of hydrogen-bond acceptors (Lipinski definition) is 4. The van der Waals surface area contributed by atoms with Crippen LogP contribution in [0.1, 0.15) is 69.7 Å². The summed E-state index contributed by atoms with van der Waals surface area (Å²) < 4.78 is 5.55. The Morgan fingerprint density at radius 2 is 1.49 bits per heavy atom. The van der Waals surface area contributed by atoms with E-state index in [1.54, 1.807) is 25.7 Å². The van der Waals surface area contributed by atoms with Crippen LogP contribution in [0.3, 0.4) is 0 Å². The van der Waals surface area contributed by atoms with E-state index in [4.69, 9.17) is 4.74 Å². The molecule has 2 N–H and O–H groups in total. The summed E-state index contributed by atoms with van der Waals surface area (Å²) in [5.74, 6) is -0.672. The molecule has 0 aromatic heterocycles. The summed E-state index contributed by atoms with van der Waals surface area (Å²) in [5, 5.41) is 7.99. The van der Waals surface area contributed by atoms with Crippen molar-refractivity contribution in [3.63, 3.8) is 0 Å². The Kier molecular flexibility index (Phi) is 11.4. The van der Waals surface area contributed by atoms with E-state index in [1.165, 1.54) is 0 Å². The summed E-state index contributed by atoms with van der Waals surface area (Å²) in [6.45, 7) is 9.77. The highest BCUT2D eigenvalue weighted by atomic mass is 16.6. The molecule has 2 atom stereocenters. The lowest BCUT2D eigenvalue weighted by Crippen LogP contribution is -2.53. The van der Waals surface area contributed by atoms with Crippen LogP contribution in [0.25, 0.3) is 10.8 Å². The van der Waals surface area contributed by atoms with Crippen LogP contribution in [-0.2, 0) is 20.7 Å². The van der Waals surface area contributed by atoms with Gasteiger partial charge in [0, 0.05) is 18.7 Å². The second-order valence-corrected chi connectivity index (χ2v) is 12.5. The van der Waals surface area contributed by atoms with E-state index in [1.807, 2.05) is 104 Å². The fraction of sp³-hybridized carbons (Fsp3) is 0.342. The number of aryl methyl sites for hydroxylation is 1. The minimum atomic E-state index is -0.953. The zero-order valence-electron chi connectivity index (χ0n) is 27.0. The second kappa shape index (κ2) is 15.4. The van der Waals surface area contributed by atoms with Gasteiger partial charge in [-0.3, -0.25) is 9.59 Å². The molecule has 0 spiro atoms. The number of unbranched alkanes of at least 4 members (excludes halogenated alkanes) is 2. The van der Waals surface area contributed by atoms with Gasteiger partial charge in [-0.1, -0.05) is 110 Å². The van der Waals surface area contributed by atoms with E-state index in [9.17, 15) is 14.4 Å². The summed E-state index contributed by atoms with van der Waals surface area (Å²) in [7, 11) is 0. The van der Waals surface area contributed by atoms with Gasteiger partial charge in [0.05, 0.1) is 0 Å². The average molecular weight is 608 g/mol. The summed E-state index contributed by atoms with van der Waals surface area (Å²) in [5.41, 5.74) is 2.52. The molecule has 4 aromatic rings. The number of anilines is 1. The number of alkyl carbamates (subject to hydrolysis) is 1. The number of carbonyl (C=O) groups is 3. The molecule has 4 rings (SSSR count). The maximum Gasteiger partial charge on any atom is 0.408 e. The lowest BCUT2D eigenvalue weighted by atomic mass is 9.99. The maximum atomic E-state index is 14.6. The SMILES string of the molecule is CCCCCN(C(=O)C(Cc1ccccc1)NC(=O)OC(C)(C)C)C(C(=O)Nc1ccc2ccccc2c1)c1ccc(C)cc1. The van der Waals surface area contributed by atoms with Crippen LogP contribution in [0.4, 0.5) is 10.5 Å². The molecule has 3 amide bonds. The van der Waals surface area contributed by atoms with Crippen molar-refractivity contribution >= 4 is 34.4 Å². The Balaban J connectivity index is 1.74. The average Bonchev–Trinajstić information content (AvgIpc) is 3.00. The number of carbonyl (C=O) groups excluding carboxylic acids is 3. The van der Waals surface area contributed by atoms with Gasteiger partial charge in [0.1, 0.15) is 17.7 Å². The van der Waals surface area contributed by atoms with E-state index in [0.29, 0.717) is 24.2 Å². The fourth-order valence-corrected chi connectivity index (χ4v) is 5.30. The molecule has 7 heteroatoms. The van der Waals surface area contributed by atoms with Crippen molar-refractivity contribution in [2.75, 3.05) is 11.9 Å². The summed E-state index contributed by atoms with van der Waals surface area (Å²) in [6, 6.07) is 29.1. The molecule has 0 aliphatic heterocycles. The highest BCUT2D eigenvalue weighted by molar-refractivity contribution is 6.00. The zero-order chi connectivity index (χ0) is 32.4. The van der Waals surface area contributed by atoms with Crippen molar-refractivity contribution in [3.8, 4) is 0 Å². The Bertz CT molecular complexity index is 1580. The molecule has 0 saturated carbocycles. The van der Waals surface area contributed by atoms with Gasteiger partial charge >= 0.3 is 6.09 Å². The van der Waals surface area contributed by atoms with Gasteiger partial charge in [-0.2, -0.15) is 0 Å². The molecule has 0 bridgehead atoms. The Morgan fingerprint density at radius 1 is 0.822 bits per heavy atom. The van der Waals surface area contributed by atoms with E-state index in [-0.39, 0.29) is 18.2 Å². The van der Waals surface area contributed by atoms with Gasteiger partial charge in [0.15, 0.2) is 0 Å². The molecule has 0 aliphatic carbocycles. The molecule has 0 saturated heterocycles. The van der Waals surface area contributed by atoms with Gasteiger partial charge in [0.25, 0.3) is 5.91 Å². The minimum absolute atomic E-state index is 0.246. The Labute approximate surface area is 267 Å². The van der Waals surface area contributed by atoms with Crippen LogP contribution in [0.2, 0.25) is 0 Å². The molecular weight excluding hydrogens is 562 g/mol. The predicted molar refractivity (Wildman–Crippen MR) is 181 cm³/mol. The largest absolute Gasteiger partial charge is 0.444 e. The molecule has 2 unspecified atom stereocenters. The first-order valence-corrected chi connectivity index (χ1v) is 15.7. The smallest absolute Gasteiger partial charge is 0.408 e. The lowest BCUT2D eigenvalue weighted by molar-refractivity contribution is -0.140. The number of rotatable bonds is 12. The number of nitrogens with zero attached hydrogens (tertiary/aromatic N) is 1. The minimum Gasteiger partial charge on any atom is -0.444 e. The Hall–Kier alpha value is -4.65. The number of nitrogens with one attached hydrogen (secondary N) is 2. The normalized spacial score (nSPS) is 12.6. The molecule has 0 fully saturated rings. The molecule has 7 nitrogen and oxygen atoms in total. The van der Waals surface area contributed by atoms with Crippen LogP contribution in [0, 0.1) is 6.92 Å². The highest BCUT2D eigenvalue weighted by Crippen LogP contribution is 2.27. The van der Waals surface area contributed by atoms with Crippen molar-refractivity contribution in [2.24, 2.45) is 0 Å². The van der Waals surface area contributed by atoms with Gasteiger partial charge < -0.3 is 20.3 Å². The van der Waals surface area contributed by atoms with Crippen LogP contribution in [-0.4, -0.2) is 41.0 Å². The van der Waals surface area contributed by atoms with Gasteiger partial charge in [-0.25, -0.2) is 4.79 Å². The van der Waals surface area contributed by atoms with E-state index < -0.39 is 23.8 Å². The van der Waals surface area contributed by atoms with Gasteiger partial charge in [0.2, 0.25) is 5.91 Å². The van der Waals surface area contributed by atoms with Crippen LogP contribution in [0.5, 0.6) is 0 Å². The van der Waals surface area contributed by atoms with Crippen molar-refractivity contribution in [1.82, 2.24) is 10.2 Å². The molecule has 45 heavy (non-hydrogen) atoms.